The van der Waals surface area contributed by atoms with Crippen molar-refractivity contribution in [3.63, 3.8) is 0 Å². The van der Waals surface area contributed by atoms with Gasteiger partial charge in [-0.15, -0.1) is 33.3 Å². The second-order valence-corrected chi connectivity index (χ2v) is 10.00. The topological polar surface area (TPSA) is 84.1 Å². The average Bonchev–Trinajstić information content (AvgIpc) is 2.75. The lowest BCUT2D eigenvalue weighted by Gasteiger charge is -2.42. The molecule has 8 nitrogen and oxygen atoms in total. The molecule has 1 saturated heterocycles. The molecule has 3 rings (SSSR count). The van der Waals surface area contributed by atoms with E-state index < -0.39 is 6.35 Å². The van der Waals surface area contributed by atoms with Crippen LogP contribution >= 0.6 is 23.2 Å². The number of nitrogens with zero attached hydrogens (tertiary/aromatic N) is 1. The number of hydroxylamine groups is 2. The number of rotatable bonds is 9. The fourth-order valence-electron chi connectivity index (χ4n) is 4.40. The van der Waals surface area contributed by atoms with Gasteiger partial charge in [0.1, 0.15) is 6.61 Å². The third kappa shape index (κ3) is 8.44. The van der Waals surface area contributed by atoms with Gasteiger partial charge in [-0.2, -0.15) is 4.89 Å². The maximum atomic E-state index is 12.1. The van der Waals surface area contributed by atoms with Crippen molar-refractivity contribution in [2.24, 2.45) is 5.92 Å². The molecule has 3 N–H and O–H groups in total. The largest absolute Gasteiger partial charge is 0.368 e. The van der Waals surface area contributed by atoms with E-state index in [-0.39, 0.29) is 35.5 Å². The van der Waals surface area contributed by atoms with Crippen LogP contribution in [0, 0.1) is 5.92 Å². The lowest BCUT2D eigenvalue weighted by atomic mass is 9.86. The van der Waals surface area contributed by atoms with E-state index in [0.29, 0.717) is 24.6 Å². The quantitative estimate of drug-likeness (QED) is 0.347. The summed E-state index contributed by atoms with van der Waals surface area (Å²) in [6.07, 6.45) is 8.19. The molecule has 0 aromatic carbocycles. The molecule has 1 heterocycles. The Morgan fingerprint density at radius 2 is 1.77 bits per heavy atom. The van der Waals surface area contributed by atoms with Gasteiger partial charge in [0.15, 0.2) is 0 Å². The van der Waals surface area contributed by atoms with Crippen LogP contribution in [0.15, 0.2) is 12.3 Å². The fraction of sp³-hybridized carbons (Fsp3) is 0.857. The predicted octanol–water partition coefficient (Wildman–Crippen LogP) is 2.97. The molecule has 2 atom stereocenters. The van der Waals surface area contributed by atoms with Crippen molar-refractivity contribution in [1.29, 1.82) is 0 Å². The number of amides is 1. The first-order chi connectivity index (χ1) is 14.9. The van der Waals surface area contributed by atoms with Crippen LogP contribution in [-0.4, -0.2) is 60.5 Å². The first-order valence-electron chi connectivity index (χ1n) is 11.3. The third-order valence-corrected chi connectivity index (χ3v) is 7.12. The summed E-state index contributed by atoms with van der Waals surface area (Å²) in [5.41, 5.74) is 0.636. The van der Waals surface area contributed by atoms with Crippen LogP contribution in [0.1, 0.15) is 57.8 Å². The van der Waals surface area contributed by atoms with Crippen molar-refractivity contribution in [2.75, 3.05) is 20.2 Å². The van der Waals surface area contributed by atoms with Crippen molar-refractivity contribution in [1.82, 2.24) is 21.0 Å². The highest BCUT2D eigenvalue weighted by Crippen LogP contribution is 2.31. The maximum absolute atomic E-state index is 12.1. The summed E-state index contributed by atoms with van der Waals surface area (Å²) < 4.78 is 5.69. The lowest BCUT2D eigenvalue weighted by molar-refractivity contribution is -0.489. The van der Waals surface area contributed by atoms with E-state index in [0.717, 1.165) is 51.4 Å². The van der Waals surface area contributed by atoms with Crippen molar-refractivity contribution >= 4 is 29.1 Å². The van der Waals surface area contributed by atoms with Crippen LogP contribution in [0.4, 0.5) is 0 Å². The van der Waals surface area contributed by atoms with Gasteiger partial charge in [-0.1, -0.05) is 6.58 Å². The first-order valence-corrected chi connectivity index (χ1v) is 12.2. The molecule has 0 aromatic rings. The number of carbonyl (C=O) groups is 1. The Balaban J connectivity index is 1.29. The Labute approximate surface area is 195 Å². The Morgan fingerprint density at radius 3 is 2.45 bits per heavy atom. The number of nitrogens with one attached hydrogen (secondary N) is 3. The van der Waals surface area contributed by atoms with Gasteiger partial charge in [0, 0.05) is 30.0 Å². The summed E-state index contributed by atoms with van der Waals surface area (Å²) in [5.74, 6) is 0.284. The fourth-order valence-corrected chi connectivity index (χ4v) is 4.90. The highest BCUT2D eigenvalue weighted by atomic mass is 35.5. The van der Waals surface area contributed by atoms with E-state index in [1.165, 1.54) is 0 Å². The van der Waals surface area contributed by atoms with Crippen LogP contribution < -0.4 is 16.0 Å². The summed E-state index contributed by atoms with van der Waals surface area (Å²) in [6.45, 7) is 4.55. The van der Waals surface area contributed by atoms with Crippen LogP contribution in [0.5, 0.6) is 0 Å². The SMILES string of the molecule is C=C(CCNC1NC(C2CCC(Cl)CC2)N(C)OO1)NC(=O)COC1CCC(Cl)CC1. The maximum Gasteiger partial charge on any atom is 0.250 e. The molecule has 0 bridgehead atoms. The summed E-state index contributed by atoms with van der Waals surface area (Å²) in [6, 6.07) is 0. The molecule has 10 heteroatoms. The minimum Gasteiger partial charge on any atom is -0.368 e. The molecule has 2 unspecified atom stereocenters. The van der Waals surface area contributed by atoms with Crippen LogP contribution in [0.2, 0.25) is 0 Å². The zero-order valence-corrected chi connectivity index (χ0v) is 19.8. The summed E-state index contributed by atoms with van der Waals surface area (Å²) in [5, 5.41) is 11.7. The number of carbonyl (C=O) groups excluding carboxylic acids is 1. The Morgan fingerprint density at radius 1 is 1.13 bits per heavy atom. The Kier molecular flexibility index (Phi) is 10.3. The molecule has 3 fully saturated rings. The molecular weight excluding hydrogens is 443 g/mol. The van der Waals surface area contributed by atoms with Gasteiger partial charge in [-0.05, 0) is 63.7 Å². The van der Waals surface area contributed by atoms with Crippen LogP contribution in [0.25, 0.3) is 0 Å². The Hall–Kier alpha value is -0.450. The summed E-state index contributed by atoms with van der Waals surface area (Å²) in [4.78, 5) is 22.8. The zero-order valence-electron chi connectivity index (χ0n) is 18.3. The van der Waals surface area contributed by atoms with Gasteiger partial charge >= 0.3 is 0 Å². The minimum atomic E-state index is -0.432. The molecule has 2 aliphatic carbocycles. The van der Waals surface area contributed by atoms with Crippen LogP contribution in [-0.2, 0) is 19.4 Å². The predicted molar refractivity (Wildman–Crippen MR) is 120 cm³/mol. The van der Waals surface area contributed by atoms with E-state index in [9.17, 15) is 4.79 Å². The van der Waals surface area contributed by atoms with Gasteiger partial charge in [0.2, 0.25) is 12.3 Å². The molecule has 2 saturated carbocycles. The lowest BCUT2D eigenvalue weighted by Crippen LogP contribution is -2.62. The van der Waals surface area contributed by atoms with E-state index in [4.69, 9.17) is 37.8 Å². The van der Waals surface area contributed by atoms with Crippen molar-refractivity contribution in [3.8, 4) is 0 Å². The minimum absolute atomic E-state index is 0.0454. The zero-order chi connectivity index (χ0) is 22.2. The summed E-state index contributed by atoms with van der Waals surface area (Å²) >= 11 is 12.3. The molecule has 0 aromatic heterocycles. The van der Waals surface area contributed by atoms with E-state index in [2.05, 4.69) is 22.5 Å². The highest BCUT2D eigenvalue weighted by molar-refractivity contribution is 6.20. The number of hydrogen-bond donors (Lipinski definition) is 3. The molecule has 31 heavy (non-hydrogen) atoms. The second kappa shape index (κ2) is 12.7. The molecule has 0 radical (unpaired) electrons. The number of halogens is 2. The third-order valence-electron chi connectivity index (χ3n) is 6.25. The Bertz CT molecular complexity index is 584. The molecule has 3 aliphatic rings. The molecule has 0 spiro atoms. The van der Waals surface area contributed by atoms with Crippen molar-refractivity contribution in [3.05, 3.63) is 12.3 Å². The highest BCUT2D eigenvalue weighted by Gasteiger charge is 2.35. The smallest absolute Gasteiger partial charge is 0.250 e. The summed E-state index contributed by atoms with van der Waals surface area (Å²) in [7, 11) is 1.86. The molecule has 1 aliphatic heterocycles. The van der Waals surface area contributed by atoms with E-state index in [1.54, 1.807) is 5.06 Å². The number of alkyl halides is 2. The van der Waals surface area contributed by atoms with Gasteiger partial charge in [-0.25, -0.2) is 0 Å². The van der Waals surface area contributed by atoms with E-state index in [1.807, 2.05) is 7.05 Å². The van der Waals surface area contributed by atoms with Gasteiger partial charge in [0.05, 0.1) is 12.3 Å². The average molecular weight is 479 g/mol. The van der Waals surface area contributed by atoms with Gasteiger partial charge < -0.3 is 10.1 Å². The van der Waals surface area contributed by atoms with Gasteiger partial charge in [0.25, 0.3) is 0 Å². The molecular formula is C21H36Cl2N4O4. The first kappa shape index (κ1) is 25.2. The molecule has 1 amide bonds. The van der Waals surface area contributed by atoms with Crippen molar-refractivity contribution in [2.45, 2.75) is 87.2 Å². The molecule has 178 valence electrons. The van der Waals surface area contributed by atoms with Gasteiger partial charge in [-0.3, -0.25) is 15.4 Å². The van der Waals surface area contributed by atoms with Crippen molar-refractivity contribution < 1.29 is 19.4 Å². The monoisotopic (exact) mass is 478 g/mol. The number of hydrogen-bond acceptors (Lipinski definition) is 7. The standard InChI is InChI=1S/C21H36Cl2N4O4/c1-14(25-19(28)13-29-18-9-7-17(23)8-10-18)11-12-24-21-26-20(27(2)31-30-21)15-3-5-16(22)6-4-15/h15-18,20-21,24,26H,1,3-13H2,2H3,(H,25,28). The normalized spacial score (nSPS) is 34.9. The van der Waals surface area contributed by atoms with Crippen LogP contribution in [0.3, 0.4) is 0 Å². The van der Waals surface area contributed by atoms with E-state index >= 15 is 0 Å². The second-order valence-electron chi connectivity index (χ2n) is 8.76. The number of ether oxygens (including phenoxy) is 1.